The molecule has 1 aliphatic rings. The van der Waals surface area contributed by atoms with E-state index in [2.05, 4.69) is 37.5 Å². The summed E-state index contributed by atoms with van der Waals surface area (Å²) in [6.45, 7) is 15.8. The van der Waals surface area contributed by atoms with Crippen molar-refractivity contribution >= 4 is 0 Å². The second kappa shape index (κ2) is 10.6. The van der Waals surface area contributed by atoms with Gasteiger partial charge in [-0.2, -0.15) is 0 Å². The Morgan fingerprint density at radius 1 is 0.800 bits per heavy atom. The molecule has 0 saturated carbocycles. The van der Waals surface area contributed by atoms with Gasteiger partial charge < -0.3 is 4.90 Å². The first-order chi connectivity index (χ1) is 9.63. The summed E-state index contributed by atoms with van der Waals surface area (Å²) in [4.78, 5) is 5.27. The Hall–Kier alpha value is -0.0800. The van der Waals surface area contributed by atoms with Gasteiger partial charge in [-0.25, -0.2) is 0 Å². The zero-order valence-corrected chi connectivity index (χ0v) is 14.5. The lowest BCUT2D eigenvalue weighted by molar-refractivity contribution is 0.107. The van der Waals surface area contributed by atoms with E-state index in [1.165, 1.54) is 77.7 Å². The lowest BCUT2D eigenvalue weighted by Gasteiger charge is -2.36. The highest BCUT2D eigenvalue weighted by Gasteiger charge is 2.17. The van der Waals surface area contributed by atoms with E-state index in [9.17, 15) is 0 Å². The van der Waals surface area contributed by atoms with Crippen molar-refractivity contribution in [3.8, 4) is 0 Å². The average molecular weight is 283 g/mol. The van der Waals surface area contributed by atoms with E-state index >= 15 is 0 Å². The molecule has 2 nitrogen and oxygen atoms in total. The molecule has 0 aromatic rings. The summed E-state index contributed by atoms with van der Waals surface area (Å²) in [6, 6.07) is 0.725. The largest absolute Gasteiger partial charge is 0.301 e. The molecule has 1 aliphatic heterocycles. The quantitative estimate of drug-likeness (QED) is 0.548. The molecule has 1 atom stereocenters. The molecular formula is C18H38N2. The summed E-state index contributed by atoms with van der Waals surface area (Å²) in [5.41, 5.74) is 0. The van der Waals surface area contributed by atoms with Crippen LogP contribution in [0.5, 0.6) is 0 Å². The third-order valence-electron chi connectivity index (χ3n) is 5.01. The Balaban J connectivity index is 1.90. The molecule has 0 aliphatic carbocycles. The number of nitrogens with zero attached hydrogens (tertiary/aromatic N) is 2. The van der Waals surface area contributed by atoms with Gasteiger partial charge in [0.25, 0.3) is 0 Å². The number of hydrogen-bond donors (Lipinski definition) is 0. The highest BCUT2D eigenvalue weighted by molar-refractivity contribution is 4.74. The molecule has 0 radical (unpaired) electrons. The van der Waals surface area contributed by atoms with E-state index in [4.69, 9.17) is 0 Å². The van der Waals surface area contributed by atoms with Crippen molar-refractivity contribution in [2.75, 3.05) is 32.7 Å². The molecule has 0 aromatic carbocycles. The Morgan fingerprint density at radius 2 is 1.40 bits per heavy atom. The van der Waals surface area contributed by atoms with Crippen LogP contribution in [0.1, 0.15) is 72.6 Å². The van der Waals surface area contributed by atoms with Gasteiger partial charge in [0, 0.05) is 32.2 Å². The van der Waals surface area contributed by atoms with Crippen molar-refractivity contribution in [2.45, 2.75) is 78.7 Å². The van der Waals surface area contributed by atoms with Crippen LogP contribution < -0.4 is 0 Å². The van der Waals surface area contributed by atoms with Crippen LogP contribution in [0.4, 0.5) is 0 Å². The summed E-state index contributed by atoms with van der Waals surface area (Å²) in [5, 5.41) is 0. The minimum Gasteiger partial charge on any atom is -0.301 e. The van der Waals surface area contributed by atoms with Gasteiger partial charge >= 0.3 is 0 Å². The van der Waals surface area contributed by atoms with Crippen molar-refractivity contribution in [1.29, 1.82) is 0 Å². The van der Waals surface area contributed by atoms with Gasteiger partial charge in [0.1, 0.15) is 0 Å². The molecule has 0 bridgehead atoms. The summed E-state index contributed by atoms with van der Waals surface area (Å²) in [7, 11) is 0. The Kier molecular flexibility index (Phi) is 9.54. The van der Waals surface area contributed by atoms with Crippen LogP contribution in [0.2, 0.25) is 0 Å². The van der Waals surface area contributed by atoms with E-state index in [1.807, 2.05) is 0 Å². The number of hydrogen-bond acceptors (Lipinski definition) is 2. The Bertz CT molecular complexity index is 219. The molecule has 0 aromatic heterocycles. The standard InChI is InChI=1S/C18H38N2/c1-5-18(4)11-9-7-6-8-10-12-19-13-15-20(16-14-19)17(2)3/h17-18H,5-16H2,1-4H3. The van der Waals surface area contributed by atoms with Crippen LogP contribution in [0, 0.1) is 5.92 Å². The van der Waals surface area contributed by atoms with E-state index in [-0.39, 0.29) is 0 Å². The first kappa shape index (κ1) is 18.0. The fraction of sp³-hybridized carbons (Fsp3) is 1.00. The van der Waals surface area contributed by atoms with Gasteiger partial charge in [0.05, 0.1) is 0 Å². The van der Waals surface area contributed by atoms with Crippen LogP contribution in [0.15, 0.2) is 0 Å². The van der Waals surface area contributed by atoms with Gasteiger partial charge in [-0.3, -0.25) is 4.90 Å². The topological polar surface area (TPSA) is 6.48 Å². The second-order valence-electron chi connectivity index (χ2n) is 7.04. The van der Waals surface area contributed by atoms with E-state index < -0.39 is 0 Å². The molecule has 0 N–H and O–H groups in total. The normalized spacial score (nSPS) is 19.6. The molecule has 120 valence electrons. The monoisotopic (exact) mass is 282 g/mol. The summed E-state index contributed by atoms with van der Waals surface area (Å²) in [5.74, 6) is 0.937. The molecule has 0 amide bonds. The third kappa shape index (κ3) is 7.64. The van der Waals surface area contributed by atoms with Crippen LogP contribution in [0.25, 0.3) is 0 Å². The fourth-order valence-corrected chi connectivity index (χ4v) is 3.07. The predicted octanol–water partition coefficient (Wildman–Crippen LogP) is 4.40. The van der Waals surface area contributed by atoms with E-state index in [0.717, 1.165) is 12.0 Å². The lowest BCUT2D eigenvalue weighted by atomic mass is 10.00. The second-order valence-corrected chi connectivity index (χ2v) is 7.04. The number of rotatable bonds is 10. The third-order valence-corrected chi connectivity index (χ3v) is 5.01. The molecular weight excluding hydrogens is 244 g/mol. The molecule has 1 fully saturated rings. The Morgan fingerprint density at radius 3 is 2.00 bits per heavy atom. The van der Waals surface area contributed by atoms with Gasteiger partial charge in [0.15, 0.2) is 0 Å². The van der Waals surface area contributed by atoms with Crippen molar-refractivity contribution in [3.05, 3.63) is 0 Å². The molecule has 1 unspecified atom stereocenters. The zero-order valence-electron chi connectivity index (χ0n) is 14.5. The first-order valence-electron chi connectivity index (χ1n) is 9.09. The van der Waals surface area contributed by atoms with Gasteiger partial charge in [-0.05, 0) is 32.7 Å². The van der Waals surface area contributed by atoms with E-state index in [0.29, 0.717) is 0 Å². The first-order valence-corrected chi connectivity index (χ1v) is 9.09. The molecule has 2 heteroatoms. The van der Waals surface area contributed by atoms with Gasteiger partial charge in [0.2, 0.25) is 0 Å². The van der Waals surface area contributed by atoms with Crippen LogP contribution >= 0.6 is 0 Å². The predicted molar refractivity (Wildman–Crippen MR) is 90.3 cm³/mol. The van der Waals surface area contributed by atoms with Crippen molar-refractivity contribution in [1.82, 2.24) is 9.80 Å². The van der Waals surface area contributed by atoms with Crippen molar-refractivity contribution in [3.63, 3.8) is 0 Å². The number of unbranched alkanes of at least 4 members (excludes halogenated alkanes) is 4. The maximum absolute atomic E-state index is 2.66. The summed E-state index contributed by atoms with van der Waals surface area (Å²) < 4.78 is 0. The zero-order chi connectivity index (χ0) is 14.8. The van der Waals surface area contributed by atoms with Crippen LogP contribution in [-0.2, 0) is 0 Å². The van der Waals surface area contributed by atoms with Gasteiger partial charge in [-0.1, -0.05) is 52.4 Å². The summed E-state index contributed by atoms with van der Waals surface area (Å²) in [6.07, 6.45) is 9.97. The lowest BCUT2D eigenvalue weighted by Crippen LogP contribution is -2.48. The molecule has 1 saturated heterocycles. The minimum absolute atomic E-state index is 0.725. The maximum atomic E-state index is 2.66. The maximum Gasteiger partial charge on any atom is 0.0113 e. The number of piperazine rings is 1. The van der Waals surface area contributed by atoms with Gasteiger partial charge in [-0.15, -0.1) is 0 Å². The average Bonchev–Trinajstić information content (AvgIpc) is 2.46. The SMILES string of the molecule is CCC(C)CCCCCCCN1CCN(C(C)C)CC1. The smallest absolute Gasteiger partial charge is 0.0113 e. The fourth-order valence-electron chi connectivity index (χ4n) is 3.07. The molecule has 1 rings (SSSR count). The highest BCUT2D eigenvalue weighted by Crippen LogP contribution is 2.14. The molecule has 20 heavy (non-hydrogen) atoms. The summed E-state index contributed by atoms with van der Waals surface area (Å²) >= 11 is 0. The van der Waals surface area contributed by atoms with Crippen LogP contribution in [-0.4, -0.2) is 48.6 Å². The highest BCUT2D eigenvalue weighted by atomic mass is 15.3. The van der Waals surface area contributed by atoms with Crippen molar-refractivity contribution < 1.29 is 0 Å². The van der Waals surface area contributed by atoms with Crippen LogP contribution in [0.3, 0.4) is 0 Å². The van der Waals surface area contributed by atoms with Crippen molar-refractivity contribution in [2.24, 2.45) is 5.92 Å². The molecule has 0 spiro atoms. The molecule has 1 heterocycles. The Labute approximate surface area is 127 Å². The minimum atomic E-state index is 0.725. The van der Waals surface area contributed by atoms with E-state index in [1.54, 1.807) is 0 Å².